The lowest BCUT2D eigenvalue weighted by molar-refractivity contribution is -0.130. The van der Waals surface area contributed by atoms with Crippen molar-refractivity contribution < 1.29 is 13.9 Å². The number of anilines is 1. The number of carbonyl (C=O) groups is 1. The molecule has 0 radical (unpaired) electrons. The van der Waals surface area contributed by atoms with Crippen molar-refractivity contribution in [2.75, 3.05) is 31.6 Å². The van der Waals surface area contributed by atoms with Crippen LogP contribution in [0.5, 0.6) is 0 Å². The van der Waals surface area contributed by atoms with Crippen LogP contribution in [-0.4, -0.2) is 68.1 Å². The number of likely N-dealkylation sites (tertiary alicyclic amines) is 1. The smallest absolute Gasteiger partial charge is 0.251 e. The molecule has 0 aromatic carbocycles. The molecule has 0 spiro atoms. The van der Waals surface area contributed by atoms with Crippen LogP contribution in [0.3, 0.4) is 0 Å². The first-order chi connectivity index (χ1) is 16.1. The fourth-order valence-electron chi connectivity index (χ4n) is 4.77. The molecule has 176 valence electrons. The minimum absolute atomic E-state index is 0.146. The van der Waals surface area contributed by atoms with E-state index in [0.29, 0.717) is 23.7 Å². The third kappa shape index (κ3) is 4.57. The number of rotatable bonds is 6. The summed E-state index contributed by atoms with van der Waals surface area (Å²) in [5.74, 6) is 1.69. The molecule has 0 bridgehead atoms. The Balaban J connectivity index is 1.39. The zero-order valence-corrected chi connectivity index (χ0v) is 19.3. The lowest BCUT2D eigenvalue weighted by Crippen LogP contribution is -2.37. The van der Waals surface area contributed by atoms with Gasteiger partial charge in [-0.3, -0.25) is 4.79 Å². The van der Waals surface area contributed by atoms with E-state index in [2.05, 4.69) is 32.5 Å². The molecule has 10 heteroatoms. The minimum Gasteiger partial charge on any atom is -0.421 e. The van der Waals surface area contributed by atoms with Crippen molar-refractivity contribution in [2.24, 2.45) is 5.92 Å². The third-order valence-corrected chi connectivity index (χ3v) is 6.76. The molecule has 10 nitrogen and oxygen atoms in total. The van der Waals surface area contributed by atoms with E-state index in [0.717, 1.165) is 87.2 Å². The summed E-state index contributed by atoms with van der Waals surface area (Å²) < 4.78 is 13.5. The van der Waals surface area contributed by atoms with Crippen LogP contribution in [0.2, 0.25) is 0 Å². The summed E-state index contributed by atoms with van der Waals surface area (Å²) in [5.41, 5.74) is 2.58. The van der Waals surface area contributed by atoms with Gasteiger partial charge >= 0.3 is 0 Å². The van der Waals surface area contributed by atoms with E-state index < -0.39 is 0 Å². The Bertz CT molecular complexity index is 1110. The summed E-state index contributed by atoms with van der Waals surface area (Å²) in [7, 11) is 0. The van der Waals surface area contributed by atoms with Gasteiger partial charge in [0.15, 0.2) is 5.65 Å². The minimum atomic E-state index is 0.146. The number of amides is 1. The van der Waals surface area contributed by atoms with Crippen molar-refractivity contribution in [1.29, 1.82) is 0 Å². The normalized spacial score (nSPS) is 18.2. The van der Waals surface area contributed by atoms with Gasteiger partial charge in [0, 0.05) is 58.4 Å². The Morgan fingerprint density at radius 1 is 1.15 bits per heavy atom. The van der Waals surface area contributed by atoms with E-state index in [-0.39, 0.29) is 5.91 Å². The molecule has 5 heterocycles. The Hall–Kier alpha value is -3.01. The number of fused-ring (bicyclic) bond motifs is 1. The van der Waals surface area contributed by atoms with E-state index in [4.69, 9.17) is 9.15 Å². The predicted octanol–water partition coefficient (Wildman–Crippen LogP) is 2.89. The first-order valence-electron chi connectivity index (χ1n) is 11.9. The van der Waals surface area contributed by atoms with Crippen LogP contribution in [0.25, 0.3) is 22.5 Å². The zero-order chi connectivity index (χ0) is 22.8. The fraction of sp³-hybridized carbons (Fsp3) is 0.609. The molecule has 3 aromatic heterocycles. The van der Waals surface area contributed by atoms with E-state index in [1.54, 1.807) is 13.1 Å². The maximum atomic E-state index is 11.6. The first kappa shape index (κ1) is 21.8. The van der Waals surface area contributed by atoms with Crippen LogP contribution in [0.15, 0.2) is 16.8 Å². The largest absolute Gasteiger partial charge is 0.421 e. The van der Waals surface area contributed by atoms with Crippen molar-refractivity contribution in [3.63, 3.8) is 0 Å². The maximum Gasteiger partial charge on any atom is 0.251 e. The second kappa shape index (κ2) is 9.46. The molecule has 2 aliphatic heterocycles. The number of hydrogen-bond donors (Lipinski definition) is 1. The van der Waals surface area contributed by atoms with E-state index in [9.17, 15) is 4.79 Å². The second-order valence-corrected chi connectivity index (χ2v) is 8.93. The number of pyridine rings is 1. The molecule has 0 saturated carbocycles. The maximum absolute atomic E-state index is 11.6. The molecule has 3 aromatic rings. The van der Waals surface area contributed by atoms with Crippen LogP contribution >= 0.6 is 0 Å². The average molecular weight is 454 g/mol. The highest BCUT2D eigenvalue weighted by molar-refractivity contribution is 5.96. The van der Waals surface area contributed by atoms with Gasteiger partial charge in [0.05, 0.1) is 22.8 Å². The highest BCUT2D eigenvalue weighted by Gasteiger charge is 2.25. The molecule has 2 fully saturated rings. The Labute approximate surface area is 192 Å². The van der Waals surface area contributed by atoms with Crippen molar-refractivity contribution in [3.05, 3.63) is 18.3 Å². The molecule has 33 heavy (non-hydrogen) atoms. The summed E-state index contributed by atoms with van der Waals surface area (Å²) >= 11 is 0. The van der Waals surface area contributed by atoms with Gasteiger partial charge in [-0.25, -0.2) is 9.67 Å². The molecule has 5 rings (SSSR count). The van der Waals surface area contributed by atoms with Crippen molar-refractivity contribution in [2.45, 2.75) is 58.5 Å². The van der Waals surface area contributed by atoms with Gasteiger partial charge in [-0.15, -0.1) is 10.2 Å². The molecule has 0 unspecified atom stereocenters. The van der Waals surface area contributed by atoms with Gasteiger partial charge in [0.25, 0.3) is 5.89 Å². The number of hydrogen-bond acceptors (Lipinski definition) is 8. The fourth-order valence-corrected chi connectivity index (χ4v) is 4.77. The number of piperidine rings is 1. The van der Waals surface area contributed by atoms with Crippen LogP contribution in [-0.2, 0) is 22.5 Å². The van der Waals surface area contributed by atoms with E-state index >= 15 is 0 Å². The topological polar surface area (TPSA) is 111 Å². The molecule has 0 atom stereocenters. The van der Waals surface area contributed by atoms with E-state index in [1.807, 2.05) is 15.8 Å². The molecule has 0 aliphatic carbocycles. The van der Waals surface area contributed by atoms with Crippen LogP contribution in [0, 0.1) is 5.92 Å². The summed E-state index contributed by atoms with van der Waals surface area (Å²) in [6.07, 6.45) is 8.19. The SMILES string of the molecule is CCn1ncc2c(NC3CCOCC3)c(-c3nnc(CC4CCN(C(C)=O)CC4)o3)cnc21. The zero-order valence-electron chi connectivity index (χ0n) is 19.3. The van der Waals surface area contributed by atoms with Crippen molar-refractivity contribution >= 4 is 22.6 Å². The third-order valence-electron chi connectivity index (χ3n) is 6.76. The molecular formula is C23H31N7O3. The van der Waals surface area contributed by atoms with Crippen LogP contribution in [0.1, 0.15) is 45.4 Å². The summed E-state index contributed by atoms with van der Waals surface area (Å²) in [6, 6.07) is 0.307. The van der Waals surface area contributed by atoms with Gasteiger partial charge in [-0.2, -0.15) is 5.10 Å². The van der Waals surface area contributed by atoms with Crippen LogP contribution in [0.4, 0.5) is 5.69 Å². The Morgan fingerprint density at radius 2 is 1.94 bits per heavy atom. The number of carbonyl (C=O) groups excluding carboxylic acids is 1. The predicted molar refractivity (Wildman–Crippen MR) is 123 cm³/mol. The number of ether oxygens (including phenoxy) is 1. The molecule has 2 aliphatic rings. The second-order valence-electron chi connectivity index (χ2n) is 8.93. The number of nitrogens with one attached hydrogen (secondary N) is 1. The van der Waals surface area contributed by atoms with Crippen molar-refractivity contribution in [3.8, 4) is 11.5 Å². The van der Waals surface area contributed by atoms with Gasteiger partial charge in [-0.05, 0) is 38.5 Å². The quantitative estimate of drug-likeness (QED) is 0.606. The van der Waals surface area contributed by atoms with Gasteiger partial charge in [0.1, 0.15) is 0 Å². The lowest BCUT2D eigenvalue weighted by Gasteiger charge is -2.30. The molecule has 1 amide bonds. The summed E-state index contributed by atoms with van der Waals surface area (Å²) in [4.78, 5) is 18.1. The molecule has 2 saturated heterocycles. The van der Waals surface area contributed by atoms with Crippen LogP contribution < -0.4 is 5.32 Å². The Kier molecular flexibility index (Phi) is 6.26. The highest BCUT2D eigenvalue weighted by atomic mass is 16.5. The van der Waals surface area contributed by atoms with Crippen molar-refractivity contribution in [1.82, 2.24) is 29.9 Å². The summed E-state index contributed by atoms with van der Waals surface area (Å²) in [6.45, 7) is 7.53. The van der Waals surface area contributed by atoms with Gasteiger partial charge in [-0.1, -0.05) is 0 Å². The van der Waals surface area contributed by atoms with Gasteiger partial charge < -0.3 is 19.4 Å². The monoisotopic (exact) mass is 453 g/mol. The summed E-state index contributed by atoms with van der Waals surface area (Å²) in [5, 5.41) is 17.9. The number of aryl methyl sites for hydroxylation is 1. The standard InChI is InChI=1S/C23H31N7O3/c1-3-30-22-18(14-25-30)21(26-17-6-10-32-11-7-17)19(13-24-22)23-28-27-20(33-23)12-16-4-8-29(9-5-16)15(2)31/h13-14,16-17H,3-12H2,1-2H3,(H,24,26). The highest BCUT2D eigenvalue weighted by Crippen LogP contribution is 2.35. The first-order valence-corrected chi connectivity index (χ1v) is 11.9. The van der Waals surface area contributed by atoms with Gasteiger partial charge in [0.2, 0.25) is 11.8 Å². The van der Waals surface area contributed by atoms with E-state index in [1.165, 1.54) is 0 Å². The average Bonchev–Trinajstić information content (AvgIpc) is 3.47. The lowest BCUT2D eigenvalue weighted by atomic mass is 9.93. The molecular weight excluding hydrogens is 422 g/mol. The number of aromatic nitrogens is 5. The number of nitrogens with zero attached hydrogens (tertiary/aromatic N) is 6. The molecule has 1 N–H and O–H groups in total. The Morgan fingerprint density at radius 3 is 2.67 bits per heavy atom.